The minimum atomic E-state index is -1.06. The van der Waals surface area contributed by atoms with Crippen molar-refractivity contribution in [3.63, 3.8) is 0 Å². The lowest BCUT2D eigenvalue weighted by Gasteiger charge is -2.19. The average Bonchev–Trinajstić information content (AvgIpc) is 2.63. The number of nitrogens with zero attached hydrogens (tertiary/aromatic N) is 1. The van der Waals surface area contributed by atoms with Gasteiger partial charge in [-0.3, -0.25) is 4.79 Å². The summed E-state index contributed by atoms with van der Waals surface area (Å²) in [5.41, 5.74) is 0.866. The molecule has 0 aliphatic heterocycles. The van der Waals surface area contributed by atoms with E-state index in [1.54, 1.807) is 18.2 Å². The van der Waals surface area contributed by atoms with Crippen molar-refractivity contribution >= 4 is 26.3 Å². The summed E-state index contributed by atoms with van der Waals surface area (Å²) in [5, 5.41) is 11.9. The van der Waals surface area contributed by atoms with Crippen molar-refractivity contribution in [2.24, 2.45) is 10.9 Å². The Morgan fingerprint density at radius 3 is 2.52 bits per heavy atom. The first-order chi connectivity index (χ1) is 12.9. The van der Waals surface area contributed by atoms with Gasteiger partial charge in [0.1, 0.15) is 24.4 Å². The van der Waals surface area contributed by atoms with E-state index in [0.29, 0.717) is 25.2 Å². The van der Waals surface area contributed by atoms with Crippen molar-refractivity contribution in [3.8, 4) is 5.75 Å². The number of carboxylic acids is 1. The summed E-state index contributed by atoms with van der Waals surface area (Å²) < 4.78 is 10.3. The van der Waals surface area contributed by atoms with Gasteiger partial charge in [0.15, 0.2) is 6.40 Å². The lowest BCUT2D eigenvalue weighted by Crippen LogP contribution is -2.46. The van der Waals surface area contributed by atoms with Gasteiger partial charge in [0.25, 0.3) is 0 Å². The summed E-state index contributed by atoms with van der Waals surface area (Å²) >= 11 is 0. The Balaban J connectivity index is 2.84. The second kappa shape index (κ2) is 11.8. The first-order valence-corrected chi connectivity index (χ1v) is 8.77. The highest BCUT2D eigenvalue weighted by Crippen LogP contribution is 2.15. The molecule has 0 aromatic heterocycles. The molecule has 7 nitrogen and oxygen atoms in total. The molecule has 0 spiro atoms. The molecule has 27 heavy (non-hydrogen) atoms. The average molecular weight is 374 g/mol. The Kier molecular flexibility index (Phi) is 9.71. The van der Waals surface area contributed by atoms with Gasteiger partial charge in [0.05, 0.1) is 0 Å². The van der Waals surface area contributed by atoms with Crippen molar-refractivity contribution in [3.05, 3.63) is 42.5 Å². The first kappa shape index (κ1) is 22.3. The molecule has 0 saturated heterocycles. The Bertz CT molecular complexity index is 646. The van der Waals surface area contributed by atoms with Gasteiger partial charge in [-0.05, 0) is 30.0 Å². The maximum Gasteiger partial charge on any atom is 0.326 e. The second-order valence-electron chi connectivity index (χ2n) is 6.48. The highest BCUT2D eigenvalue weighted by Gasteiger charge is 2.25. The minimum Gasteiger partial charge on any atom is -0.560 e. The fourth-order valence-electron chi connectivity index (χ4n) is 2.41. The van der Waals surface area contributed by atoms with E-state index in [1.165, 1.54) is 14.4 Å². The van der Waals surface area contributed by atoms with Gasteiger partial charge in [-0.15, -0.1) is 0 Å². The van der Waals surface area contributed by atoms with E-state index in [1.807, 2.05) is 26.0 Å². The summed E-state index contributed by atoms with van der Waals surface area (Å²) in [7, 11) is 1.43. The van der Waals surface area contributed by atoms with E-state index >= 15 is 0 Å². The highest BCUT2D eigenvalue weighted by atomic mass is 16.5. The molecule has 0 aliphatic carbocycles. The largest absolute Gasteiger partial charge is 0.560 e. The lowest BCUT2D eigenvalue weighted by molar-refractivity contribution is -0.142. The lowest BCUT2D eigenvalue weighted by atomic mass is 10.0. The van der Waals surface area contributed by atoms with Crippen LogP contribution in [0.1, 0.15) is 25.8 Å². The van der Waals surface area contributed by atoms with Crippen molar-refractivity contribution in [1.82, 2.24) is 5.32 Å². The van der Waals surface area contributed by atoms with E-state index in [-0.39, 0.29) is 5.92 Å². The predicted molar refractivity (Wildman–Crippen MR) is 107 cm³/mol. The molecule has 146 valence electrons. The third-order valence-electron chi connectivity index (χ3n) is 3.69. The van der Waals surface area contributed by atoms with Crippen molar-refractivity contribution in [1.29, 1.82) is 0 Å². The van der Waals surface area contributed by atoms with Crippen LogP contribution in [-0.4, -0.2) is 50.1 Å². The molecule has 0 heterocycles. The molecule has 0 fully saturated rings. The van der Waals surface area contributed by atoms with Gasteiger partial charge in [0.2, 0.25) is 5.91 Å². The summed E-state index contributed by atoms with van der Waals surface area (Å²) in [5.74, 6) is -0.683. The fraction of sp³-hybridized carbons (Fsp3) is 0.421. The molecular formula is C19H27BN2O5. The third-order valence-corrected chi connectivity index (χ3v) is 3.69. The Morgan fingerprint density at radius 1 is 1.33 bits per heavy atom. The zero-order valence-corrected chi connectivity index (χ0v) is 16.1. The molecule has 1 aromatic carbocycles. The molecule has 2 atom stereocenters. The molecular weight excluding hydrogens is 347 g/mol. The Morgan fingerprint density at radius 2 is 2.00 bits per heavy atom. The monoisotopic (exact) mass is 374 g/mol. The second-order valence-corrected chi connectivity index (χ2v) is 6.48. The highest BCUT2D eigenvalue weighted by molar-refractivity contribution is 6.02. The number of carboxylic acid groups (broad SMARTS) is 1. The van der Waals surface area contributed by atoms with Crippen LogP contribution in [0.2, 0.25) is 0 Å². The number of carbonyl (C=O) groups excluding carboxylic acids is 1. The number of aliphatic carboxylic acids is 1. The molecule has 0 unspecified atom stereocenters. The molecule has 0 radical (unpaired) electrons. The zero-order chi connectivity index (χ0) is 20.2. The smallest absolute Gasteiger partial charge is 0.326 e. The standard InChI is InChI=1S/C19H27BN2O5/c1-4-9-26-15-7-5-14(6-8-15)11-16(21-12-27-20)18(23)22-17(19(24)25)10-13(2)3/h4-8,12-13,16-17H,1,9-11,20H2,2-3H3,(H,22,23)(H,24,25)/t16-,17-/m0/s1. The van der Waals surface area contributed by atoms with Crippen LogP contribution >= 0.6 is 0 Å². The minimum absolute atomic E-state index is 0.135. The number of nitrogens with one attached hydrogen (secondary N) is 1. The van der Waals surface area contributed by atoms with E-state index in [4.69, 9.17) is 9.39 Å². The van der Waals surface area contributed by atoms with Crippen molar-refractivity contribution < 1.29 is 24.1 Å². The van der Waals surface area contributed by atoms with Crippen LogP contribution in [0.4, 0.5) is 0 Å². The van der Waals surface area contributed by atoms with Crippen LogP contribution in [0.15, 0.2) is 41.9 Å². The molecule has 2 N–H and O–H groups in total. The Hall–Kier alpha value is -2.77. The molecule has 1 aromatic rings. The van der Waals surface area contributed by atoms with Gasteiger partial charge in [0, 0.05) is 6.42 Å². The molecule has 1 rings (SSSR count). The van der Waals surface area contributed by atoms with Crippen LogP contribution < -0.4 is 10.1 Å². The molecule has 0 saturated carbocycles. The van der Waals surface area contributed by atoms with Gasteiger partial charge < -0.3 is 19.8 Å². The van der Waals surface area contributed by atoms with Gasteiger partial charge in [-0.25, -0.2) is 9.79 Å². The van der Waals surface area contributed by atoms with Gasteiger partial charge >= 0.3 is 14.0 Å². The maximum absolute atomic E-state index is 12.6. The van der Waals surface area contributed by atoms with E-state index < -0.39 is 24.0 Å². The summed E-state index contributed by atoms with van der Waals surface area (Å²) in [4.78, 5) is 28.1. The topological polar surface area (TPSA) is 97.2 Å². The number of benzene rings is 1. The molecule has 1 amide bonds. The summed E-state index contributed by atoms with van der Waals surface area (Å²) in [6.45, 7) is 7.81. The SMILES string of the molecule is BOC=N[C@@H](Cc1ccc(OCC=C)cc1)C(=O)N[C@@H](CC(C)C)C(=O)O. The fourth-order valence-corrected chi connectivity index (χ4v) is 2.41. The normalized spacial score (nSPS) is 13.1. The van der Waals surface area contributed by atoms with E-state index in [9.17, 15) is 14.7 Å². The molecule has 0 aliphatic rings. The van der Waals surface area contributed by atoms with Gasteiger partial charge in [-0.2, -0.15) is 0 Å². The molecule has 8 heteroatoms. The number of ether oxygens (including phenoxy) is 1. The first-order valence-electron chi connectivity index (χ1n) is 8.77. The quantitative estimate of drug-likeness (QED) is 0.249. The van der Waals surface area contributed by atoms with Crippen LogP contribution in [-0.2, 0) is 20.7 Å². The number of carbonyl (C=O) groups is 2. The van der Waals surface area contributed by atoms with E-state index in [2.05, 4.69) is 16.9 Å². The number of amides is 1. The van der Waals surface area contributed by atoms with Crippen molar-refractivity contribution in [2.75, 3.05) is 6.61 Å². The summed E-state index contributed by atoms with van der Waals surface area (Å²) in [6.07, 6.45) is 3.49. The van der Waals surface area contributed by atoms with Gasteiger partial charge in [-0.1, -0.05) is 38.6 Å². The third kappa shape index (κ3) is 8.44. The number of rotatable bonds is 12. The maximum atomic E-state index is 12.6. The van der Waals surface area contributed by atoms with Crippen LogP contribution in [0.3, 0.4) is 0 Å². The number of hydrogen-bond donors (Lipinski definition) is 2. The van der Waals surface area contributed by atoms with Crippen LogP contribution in [0.5, 0.6) is 5.75 Å². The predicted octanol–water partition coefficient (Wildman–Crippen LogP) is 1.37. The number of aliphatic imine (C=N–C) groups is 1. The van der Waals surface area contributed by atoms with E-state index in [0.717, 1.165) is 5.56 Å². The van der Waals surface area contributed by atoms with Crippen molar-refractivity contribution in [2.45, 2.75) is 38.8 Å². The molecule has 0 bridgehead atoms. The Labute approximate surface area is 160 Å². The zero-order valence-electron chi connectivity index (χ0n) is 16.1. The summed E-state index contributed by atoms with van der Waals surface area (Å²) in [6, 6.07) is 5.53. The number of hydrogen-bond acceptors (Lipinski definition) is 5. The van der Waals surface area contributed by atoms with Crippen LogP contribution in [0, 0.1) is 5.92 Å². The van der Waals surface area contributed by atoms with Crippen LogP contribution in [0.25, 0.3) is 0 Å².